The summed E-state index contributed by atoms with van der Waals surface area (Å²) < 4.78 is 10.1. The maximum atomic E-state index is 9.81. The van der Waals surface area contributed by atoms with Crippen molar-refractivity contribution in [1.29, 1.82) is 5.41 Å². The minimum absolute atomic E-state index is 0.0794. The number of ether oxygens (including phenoxy) is 2. The van der Waals surface area contributed by atoms with Crippen LogP contribution in [0.2, 0.25) is 0 Å². The molecular formula is C10H14N2O5S. The number of aliphatic hydroxyl groups is 3. The summed E-state index contributed by atoms with van der Waals surface area (Å²) >= 11 is 1.20. The number of hydrogen-bond donors (Lipinski definition) is 4. The molecule has 2 heterocycles. The van der Waals surface area contributed by atoms with Gasteiger partial charge in [-0.05, 0) is 0 Å². The first kappa shape index (κ1) is 13.4. The quantitative estimate of drug-likeness (QED) is 0.426. The zero-order valence-electron chi connectivity index (χ0n) is 9.61. The van der Waals surface area contributed by atoms with Crippen molar-refractivity contribution in [3.05, 3.63) is 16.1 Å². The van der Waals surface area contributed by atoms with Crippen LogP contribution in [-0.4, -0.2) is 58.2 Å². The van der Waals surface area contributed by atoms with Crippen LogP contribution in [0.5, 0.6) is 0 Å². The van der Waals surface area contributed by atoms with Gasteiger partial charge in [0.1, 0.15) is 35.1 Å². The van der Waals surface area contributed by atoms with Crippen molar-refractivity contribution >= 4 is 17.2 Å². The molecule has 2 rings (SSSR count). The Bertz CT molecular complexity index is 438. The number of rotatable bonds is 3. The number of thiazole rings is 1. The summed E-state index contributed by atoms with van der Waals surface area (Å²) in [7, 11) is 1.37. The molecule has 1 aromatic heterocycles. The summed E-state index contributed by atoms with van der Waals surface area (Å²) in [6.45, 7) is -0.374. The molecule has 1 aliphatic rings. The summed E-state index contributed by atoms with van der Waals surface area (Å²) in [6.07, 6.45) is -3.90. The summed E-state index contributed by atoms with van der Waals surface area (Å²) in [5, 5.41) is 37.9. The maximum Gasteiger partial charge on any atom is 0.233 e. The van der Waals surface area contributed by atoms with Crippen molar-refractivity contribution in [2.75, 3.05) is 13.7 Å². The van der Waals surface area contributed by atoms with Gasteiger partial charge in [-0.1, -0.05) is 0 Å². The molecule has 4 atom stereocenters. The Hall–Kier alpha value is -1.06. The fraction of sp³-hybridized carbons (Fsp3) is 0.600. The predicted molar refractivity (Wildman–Crippen MR) is 62.7 cm³/mol. The molecule has 8 heteroatoms. The molecule has 0 amide bonds. The molecule has 0 spiro atoms. The Morgan fingerprint density at radius 1 is 1.56 bits per heavy atom. The third-order valence-corrected chi connectivity index (χ3v) is 3.65. The monoisotopic (exact) mass is 274 g/mol. The van der Waals surface area contributed by atoms with Crippen LogP contribution in [0, 0.1) is 5.41 Å². The third kappa shape index (κ3) is 2.25. The first-order valence-electron chi connectivity index (χ1n) is 5.29. The van der Waals surface area contributed by atoms with E-state index in [0.717, 1.165) is 0 Å². The minimum atomic E-state index is -1.14. The fourth-order valence-electron chi connectivity index (χ4n) is 1.73. The Morgan fingerprint density at radius 3 is 2.83 bits per heavy atom. The molecule has 0 aromatic carbocycles. The van der Waals surface area contributed by atoms with Gasteiger partial charge in [0.05, 0.1) is 13.7 Å². The SMILES string of the molecule is COC(=N)c1csc([C@@H]2O[C@H](CO)[C@@H](O)[C@H]2O)n1. The lowest BCUT2D eigenvalue weighted by molar-refractivity contribution is -0.0228. The molecule has 1 aliphatic heterocycles. The van der Waals surface area contributed by atoms with Crippen LogP contribution >= 0.6 is 11.3 Å². The van der Waals surface area contributed by atoms with Gasteiger partial charge < -0.3 is 24.8 Å². The second kappa shape index (κ2) is 5.29. The third-order valence-electron chi connectivity index (χ3n) is 2.74. The largest absolute Gasteiger partial charge is 0.480 e. The van der Waals surface area contributed by atoms with Crippen molar-refractivity contribution in [3.8, 4) is 0 Å². The van der Waals surface area contributed by atoms with Gasteiger partial charge in [-0.2, -0.15) is 0 Å². The van der Waals surface area contributed by atoms with Crippen molar-refractivity contribution in [3.63, 3.8) is 0 Å². The smallest absolute Gasteiger partial charge is 0.233 e. The summed E-state index contributed by atoms with van der Waals surface area (Å²) in [4.78, 5) is 4.11. The van der Waals surface area contributed by atoms with Crippen LogP contribution in [0.3, 0.4) is 0 Å². The highest BCUT2D eigenvalue weighted by Gasteiger charge is 2.44. The lowest BCUT2D eigenvalue weighted by atomic mass is 10.1. The Labute approximate surface area is 107 Å². The van der Waals surface area contributed by atoms with Crippen LogP contribution in [0.15, 0.2) is 5.38 Å². The second-order valence-electron chi connectivity index (χ2n) is 3.86. The minimum Gasteiger partial charge on any atom is -0.480 e. The van der Waals surface area contributed by atoms with Gasteiger partial charge in [0, 0.05) is 5.38 Å². The van der Waals surface area contributed by atoms with Crippen LogP contribution in [0.25, 0.3) is 0 Å². The topological polar surface area (TPSA) is 116 Å². The van der Waals surface area contributed by atoms with Crippen molar-refractivity contribution in [2.24, 2.45) is 0 Å². The molecule has 0 aliphatic carbocycles. The second-order valence-corrected chi connectivity index (χ2v) is 4.75. The summed E-state index contributed by atoms with van der Waals surface area (Å²) in [5.41, 5.74) is 0.343. The van der Waals surface area contributed by atoms with E-state index in [1.807, 2.05) is 0 Å². The number of methoxy groups -OCH3 is 1. The molecule has 0 bridgehead atoms. The Balaban J connectivity index is 2.17. The highest BCUT2D eigenvalue weighted by molar-refractivity contribution is 7.09. The average molecular weight is 274 g/mol. The molecule has 18 heavy (non-hydrogen) atoms. The molecule has 100 valence electrons. The molecule has 0 saturated carbocycles. The van der Waals surface area contributed by atoms with E-state index in [1.165, 1.54) is 18.4 Å². The van der Waals surface area contributed by atoms with Gasteiger partial charge in [-0.25, -0.2) is 4.98 Å². The van der Waals surface area contributed by atoms with E-state index >= 15 is 0 Å². The van der Waals surface area contributed by atoms with E-state index in [-0.39, 0.29) is 12.5 Å². The Kier molecular flexibility index (Phi) is 3.93. The average Bonchev–Trinajstić information content (AvgIpc) is 2.96. The van der Waals surface area contributed by atoms with Gasteiger partial charge in [0.15, 0.2) is 0 Å². The van der Waals surface area contributed by atoms with Crippen LogP contribution in [0.1, 0.15) is 16.8 Å². The molecule has 0 unspecified atom stereocenters. The van der Waals surface area contributed by atoms with Gasteiger partial charge in [-0.3, -0.25) is 5.41 Å². The lowest BCUT2D eigenvalue weighted by Gasteiger charge is -2.11. The molecule has 0 radical (unpaired) electrons. The number of aromatic nitrogens is 1. The van der Waals surface area contributed by atoms with E-state index in [1.54, 1.807) is 5.38 Å². The summed E-state index contributed by atoms with van der Waals surface area (Å²) in [6, 6.07) is 0. The van der Waals surface area contributed by atoms with Crippen molar-refractivity contribution in [2.45, 2.75) is 24.4 Å². The summed E-state index contributed by atoms with van der Waals surface area (Å²) in [5.74, 6) is -0.0794. The standard InChI is InChI=1S/C10H14N2O5S/c1-16-9(11)4-3-18-10(12-4)8-7(15)6(14)5(2-13)17-8/h3,5-8,11,13-15H,2H2,1H3/t5-,6-,7-,8-/m1/s1. The van der Waals surface area contributed by atoms with Gasteiger partial charge in [0.2, 0.25) is 5.90 Å². The van der Waals surface area contributed by atoms with Crippen LogP contribution in [0.4, 0.5) is 0 Å². The van der Waals surface area contributed by atoms with Crippen LogP contribution in [-0.2, 0) is 9.47 Å². The molecular weight excluding hydrogens is 260 g/mol. The van der Waals surface area contributed by atoms with Gasteiger partial charge in [-0.15, -0.1) is 11.3 Å². The van der Waals surface area contributed by atoms with Crippen molar-refractivity contribution in [1.82, 2.24) is 4.98 Å². The fourth-order valence-corrected chi connectivity index (χ4v) is 2.60. The number of aliphatic hydroxyl groups excluding tert-OH is 3. The van der Waals surface area contributed by atoms with E-state index in [0.29, 0.717) is 10.7 Å². The zero-order valence-corrected chi connectivity index (χ0v) is 10.4. The van der Waals surface area contributed by atoms with E-state index in [4.69, 9.17) is 20.0 Å². The molecule has 1 saturated heterocycles. The highest BCUT2D eigenvalue weighted by atomic mass is 32.1. The molecule has 1 fully saturated rings. The zero-order chi connectivity index (χ0) is 13.3. The van der Waals surface area contributed by atoms with E-state index in [9.17, 15) is 10.2 Å². The molecule has 1 aromatic rings. The number of nitrogens with zero attached hydrogens (tertiary/aromatic N) is 1. The molecule has 4 N–H and O–H groups in total. The molecule has 7 nitrogen and oxygen atoms in total. The maximum absolute atomic E-state index is 9.81. The van der Waals surface area contributed by atoms with E-state index in [2.05, 4.69) is 4.98 Å². The highest BCUT2D eigenvalue weighted by Crippen LogP contribution is 2.34. The number of hydrogen-bond acceptors (Lipinski definition) is 8. The number of nitrogens with one attached hydrogen (secondary N) is 1. The first-order valence-corrected chi connectivity index (χ1v) is 6.17. The predicted octanol–water partition coefficient (Wildman–Crippen LogP) is -0.731. The van der Waals surface area contributed by atoms with Gasteiger partial charge >= 0.3 is 0 Å². The van der Waals surface area contributed by atoms with Gasteiger partial charge in [0.25, 0.3) is 0 Å². The van der Waals surface area contributed by atoms with E-state index < -0.39 is 24.4 Å². The first-order chi connectivity index (χ1) is 8.58. The van der Waals surface area contributed by atoms with Crippen LogP contribution < -0.4 is 0 Å². The van der Waals surface area contributed by atoms with Crippen molar-refractivity contribution < 1.29 is 24.8 Å². The lowest BCUT2D eigenvalue weighted by Crippen LogP contribution is -2.32. The Morgan fingerprint density at radius 2 is 2.28 bits per heavy atom. The normalized spacial score (nSPS) is 31.6.